The van der Waals surface area contributed by atoms with Gasteiger partial charge in [0.05, 0.1) is 12.3 Å². The van der Waals surface area contributed by atoms with Gasteiger partial charge in [0.1, 0.15) is 9.71 Å². The summed E-state index contributed by atoms with van der Waals surface area (Å²) >= 11 is 1.31. The fraction of sp³-hybridized carbons (Fsp3) is 0.318. The van der Waals surface area contributed by atoms with E-state index in [1.54, 1.807) is 19.2 Å². The highest BCUT2D eigenvalue weighted by atomic mass is 32.1. The molecule has 0 atom stereocenters. The smallest absolute Gasteiger partial charge is 0.224 e. The minimum Gasteiger partial charge on any atom is -0.380 e. The summed E-state index contributed by atoms with van der Waals surface area (Å²) in [7, 11) is 1.63. The first-order valence-electron chi connectivity index (χ1n) is 9.22. The number of pyridine rings is 1. The first-order valence-corrected chi connectivity index (χ1v) is 10.0. The maximum absolute atomic E-state index is 13.2. The van der Waals surface area contributed by atoms with E-state index in [-0.39, 0.29) is 17.6 Å². The van der Waals surface area contributed by atoms with E-state index in [2.05, 4.69) is 10.3 Å². The number of aryl methyl sites for hydroxylation is 1. The summed E-state index contributed by atoms with van der Waals surface area (Å²) in [5.74, 6) is -0.0118. The molecule has 0 saturated heterocycles. The van der Waals surface area contributed by atoms with Crippen molar-refractivity contribution in [2.45, 2.75) is 33.8 Å². The van der Waals surface area contributed by atoms with Crippen LogP contribution < -0.4 is 5.32 Å². The van der Waals surface area contributed by atoms with Gasteiger partial charge in [-0.15, -0.1) is 11.3 Å². The van der Waals surface area contributed by atoms with Gasteiger partial charge in [0.15, 0.2) is 0 Å². The number of anilines is 1. The molecule has 0 spiro atoms. The molecular weight excluding hydrogens is 372 g/mol. The van der Waals surface area contributed by atoms with Crippen molar-refractivity contribution >= 4 is 38.9 Å². The summed E-state index contributed by atoms with van der Waals surface area (Å²) in [6.45, 7) is 6.27. The Morgan fingerprint density at radius 3 is 2.57 bits per heavy atom. The summed E-state index contributed by atoms with van der Waals surface area (Å²) in [5, 5.41) is 3.77. The Morgan fingerprint density at radius 1 is 1.21 bits per heavy atom. The Hall–Kier alpha value is -2.57. The Kier molecular flexibility index (Phi) is 6.21. The van der Waals surface area contributed by atoms with Crippen LogP contribution in [0.2, 0.25) is 0 Å². The van der Waals surface area contributed by atoms with Crippen molar-refractivity contribution in [2.75, 3.05) is 12.4 Å². The standard InChI is InChI=1S/C22H24N2O3S/c1-13(2)10-17(25)24-19-18-16(12-27-4)11-14(3)23-22(18)28-21(19)20(26)15-8-6-5-7-9-15/h5-9,11,13H,10,12H2,1-4H3,(H,24,25). The Morgan fingerprint density at radius 2 is 1.93 bits per heavy atom. The highest BCUT2D eigenvalue weighted by Gasteiger charge is 2.24. The number of hydrogen-bond acceptors (Lipinski definition) is 5. The number of ether oxygens (including phenoxy) is 1. The van der Waals surface area contributed by atoms with Crippen molar-refractivity contribution in [2.24, 2.45) is 5.92 Å². The number of fused-ring (bicyclic) bond motifs is 1. The minimum absolute atomic E-state index is 0.110. The third-order valence-corrected chi connectivity index (χ3v) is 5.35. The van der Waals surface area contributed by atoms with E-state index in [4.69, 9.17) is 4.74 Å². The van der Waals surface area contributed by atoms with Crippen molar-refractivity contribution < 1.29 is 14.3 Å². The first-order chi connectivity index (χ1) is 13.4. The quantitative estimate of drug-likeness (QED) is 0.573. The SMILES string of the molecule is COCc1cc(C)nc2sc(C(=O)c3ccccc3)c(NC(=O)CC(C)C)c12. The number of benzene rings is 1. The maximum atomic E-state index is 13.2. The lowest BCUT2D eigenvalue weighted by molar-refractivity contribution is -0.116. The molecule has 3 aromatic rings. The number of rotatable bonds is 7. The van der Waals surface area contributed by atoms with E-state index < -0.39 is 0 Å². The normalized spacial score (nSPS) is 11.2. The first kappa shape index (κ1) is 20.2. The second-order valence-corrected chi connectivity index (χ2v) is 8.18. The number of carbonyl (C=O) groups excluding carboxylic acids is 2. The zero-order valence-corrected chi connectivity index (χ0v) is 17.4. The van der Waals surface area contributed by atoms with Crippen molar-refractivity contribution in [1.29, 1.82) is 0 Å². The molecule has 0 saturated carbocycles. The highest BCUT2D eigenvalue weighted by molar-refractivity contribution is 7.21. The van der Waals surface area contributed by atoms with Crippen LogP contribution in [0.4, 0.5) is 5.69 Å². The molecule has 0 aliphatic rings. The lowest BCUT2D eigenvalue weighted by atomic mass is 10.1. The van der Waals surface area contributed by atoms with E-state index in [0.717, 1.165) is 21.5 Å². The Bertz CT molecular complexity index is 1010. The fourth-order valence-electron chi connectivity index (χ4n) is 3.14. The number of methoxy groups -OCH3 is 1. The van der Waals surface area contributed by atoms with Gasteiger partial charge in [0.2, 0.25) is 11.7 Å². The molecule has 0 bridgehead atoms. The molecule has 0 fully saturated rings. The summed E-state index contributed by atoms with van der Waals surface area (Å²) in [5.41, 5.74) is 2.88. The van der Waals surface area contributed by atoms with Crippen LogP contribution in [-0.4, -0.2) is 23.8 Å². The van der Waals surface area contributed by atoms with E-state index in [1.165, 1.54) is 11.3 Å². The van der Waals surface area contributed by atoms with Gasteiger partial charge in [-0.25, -0.2) is 4.98 Å². The fourth-order valence-corrected chi connectivity index (χ4v) is 4.33. The molecule has 0 unspecified atom stereocenters. The summed E-state index contributed by atoms with van der Waals surface area (Å²) in [6, 6.07) is 11.0. The van der Waals surface area contributed by atoms with Crippen LogP contribution in [0.1, 0.15) is 46.8 Å². The predicted molar refractivity (Wildman–Crippen MR) is 113 cm³/mol. The van der Waals surface area contributed by atoms with Crippen LogP contribution in [0.25, 0.3) is 10.2 Å². The highest BCUT2D eigenvalue weighted by Crippen LogP contribution is 2.39. The summed E-state index contributed by atoms with van der Waals surface area (Å²) < 4.78 is 5.35. The Balaban J connectivity index is 2.18. The topological polar surface area (TPSA) is 68.3 Å². The minimum atomic E-state index is -0.121. The Labute approximate surface area is 168 Å². The zero-order chi connectivity index (χ0) is 20.3. The molecule has 2 heterocycles. The molecule has 3 rings (SSSR count). The van der Waals surface area contributed by atoms with Gasteiger partial charge in [0, 0.05) is 30.2 Å². The third kappa shape index (κ3) is 4.29. The number of nitrogens with zero attached hydrogens (tertiary/aromatic N) is 1. The molecule has 1 N–H and O–H groups in total. The van der Waals surface area contributed by atoms with Gasteiger partial charge in [0.25, 0.3) is 0 Å². The van der Waals surface area contributed by atoms with Crippen molar-refractivity contribution in [3.8, 4) is 0 Å². The molecule has 0 radical (unpaired) electrons. The molecule has 146 valence electrons. The van der Waals surface area contributed by atoms with Gasteiger partial charge in [-0.1, -0.05) is 44.2 Å². The van der Waals surface area contributed by atoms with Crippen molar-refractivity contribution in [3.63, 3.8) is 0 Å². The van der Waals surface area contributed by atoms with Crippen LogP contribution >= 0.6 is 11.3 Å². The number of amides is 1. The van der Waals surface area contributed by atoms with Crippen molar-refractivity contribution in [1.82, 2.24) is 4.98 Å². The van der Waals surface area contributed by atoms with Gasteiger partial charge >= 0.3 is 0 Å². The summed E-state index contributed by atoms with van der Waals surface area (Å²) in [6.07, 6.45) is 0.384. The maximum Gasteiger partial charge on any atom is 0.224 e. The number of nitrogens with one attached hydrogen (secondary N) is 1. The average molecular weight is 397 g/mol. The largest absolute Gasteiger partial charge is 0.380 e. The van der Waals surface area contributed by atoms with E-state index in [0.29, 0.717) is 29.2 Å². The zero-order valence-electron chi connectivity index (χ0n) is 16.5. The van der Waals surface area contributed by atoms with Gasteiger partial charge in [-0.05, 0) is 24.5 Å². The molecule has 6 heteroatoms. The van der Waals surface area contributed by atoms with Crippen LogP contribution in [-0.2, 0) is 16.1 Å². The monoisotopic (exact) mass is 396 g/mol. The molecular formula is C22H24N2O3S. The lowest BCUT2D eigenvalue weighted by Gasteiger charge is -2.11. The van der Waals surface area contributed by atoms with E-state index in [1.807, 2.05) is 45.0 Å². The van der Waals surface area contributed by atoms with E-state index in [9.17, 15) is 9.59 Å². The molecule has 2 aromatic heterocycles. The summed E-state index contributed by atoms with van der Waals surface area (Å²) in [4.78, 5) is 31.6. The van der Waals surface area contributed by atoms with Crippen LogP contribution in [0, 0.1) is 12.8 Å². The molecule has 1 amide bonds. The number of thiophene rings is 1. The lowest BCUT2D eigenvalue weighted by Crippen LogP contribution is -2.16. The average Bonchev–Trinajstić information content (AvgIpc) is 2.99. The second kappa shape index (κ2) is 8.63. The van der Waals surface area contributed by atoms with Crippen molar-refractivity contribution in [3.05, 3.63) is 58.1 Å². The second-order valence-electron chi connectivity index (χ2n) is 7.18. The molecule has 1 aromatic carbocycles. The third-order valence-electron chi connectivity index (χ3n) is 4.27. The number of aromatic nitrogens is 1. The van der Waals surface area contributed by atoms with E-state index >= 15 is 0 Å². The van der Waals surface area contributed by atoms with Gasteiger partial charge < -0.3 is 10.1 Å². The van der Waals surface area contributed by atoms with Crippen LogP contribution in [0.5, 0.6) is 0 Å². The number of ketones is 1. The van der Waals surface area contributed by atoms with Crippen LogP contribution in [0.15, 0.2) is 36.4 Å². The molecule has 0 aliphatic carbocycles. The number of carbonyl (C=O) groups is 2. The van der Waals surface area contributed by atoms with Gasteiger partial charge in [-0.2, -0.15) is 0 Å². The van der Waals surface area contributed by atoms with Gasteiger partial charge in [-0.3, -0.25) is 9.59 Å². The predicted octanol–water partition coefficient (Wildman–Crippen LogP) is 4.97. The number of hydrogen-bond donors (Lipinski definition) is 1. The molecule has 0 aliphatic heterocycles. The molecule has 5 nitrogen and oxygen atoms in total. The van der Waals surface area contributed by atoms with Crippen LogP contribution in [0.3, 0.4) is 0 Å². The molecule has 28 heavy (non-hydrogen) atoms.